The maximum absolute atomic E-state index is 13.2. The SMILES string of the molecule is Cc1nc(Nc2ccccn2)cc(N2CCN(C(=O)C3CC(=O)N(c4ccccc4)C3)CC2)n1. The van der Waals surface area contributed by atoms with E-state index in [0.717, 1.165) is 17.3 Å². The highest BCUT2D eigenvalue weighted by Crippen LogP contribution is 2.27. The molecule has 2 saturated heterocycles. The van der Waals surface area contributed by atoms with Crippen molar-refractivity contribution in [3.8, 4) is 0 Å². The fraction of sp³-hybridized carbons (Fsp3) is 0.320. The smallest absolute Gasteiger partial charge is 0.228 e. The van der Waals surface area contributed by atoms with Gasteiger partial charge in [0.1, 0.15) is 23.3 Å². The summed E-state index contributed by atoms with van der Waals surface area (Å²) in [7, 11) is 0. The molecule has 5 rings (SSSR count). The van der Waals surface area contributed by atoms with Gasteiger partial charge in [0.05, 0.1) is 5.92 Å². The summed E-state index contributed by atoms with van der Waals surface area (Å²) in [6.45, 7) is 4.85. The first kappa shape index (κ1) is 21.8. The van der Waals surface area contributed by atoms with Gasteiger partial charge in [0, 0.05) is 57.1 Å². The van der Waals surface area contributed by atoms with Crippen LogP contribution < -0.4 is 15.1 Å². The first-order valence-corrected chi connectivity index (χ1v) is 11.5. The number of rotatable bonds is 5. The van der Waals surface area contributed by atoms with Gasteiger partial charge in [-0.2, -0.15) is 0 Å². The molecule has 174 valence electrons. The number of aromatic nitrogens is 3. The van der Waals surface area contributed by atoms with Crippen molar-refractivity contribution in [1.29, 1.82) is 0 Å². The third-order valence-corrected chi connectivity index (χ3v) is 6.20. The van der Waals surface area contributed by atoms with Crippen LogP contribution in [0.15, 0.2) is 60.8 Å². The number of aryl methyl sites for hydroxylation is 1. The van der Waals surface area contributed by atoms with Crippen LogP contribution in [0.4, 0.5) is 23.1 Å². The number of amides is 2. The van der Waals surface area contributed by atoms with E-state index < -0.39 is 0 Å². The van der Waals surface area contributed by atoms with Crippen LogP contribution in [0.3, 0.4) is 0 Å². The Labute approximate surface area is 198 Å². The zero-order valence-electron chi connectivity index (χ0n) is 19.1. The Balaban J connectivity index is 1.20. The number of anilines is 4. The second-order valence-corrected chi connectivity index (χ2v) is 8.55. The van der Waals surface area contributed by atoms with Crippen molar-refractivity contribution in [1.82, 2.24) is 19.9 Å². The maximum atomic E-state index is 13.2. The van der Waals surface area contributed by atoms with Crippen LogP contribution in [0.25, 0.3) is 0 Å². The van der Waals surface area contributed by atoms with Gasteiger partial charge in [-0.25, -0.2) is 15.0 Å². The molecule has 2 aliphatic rings. The molecule has 4 heterocycles. The number of carbonyl (C=O) groups excluding carboxylic acids is 2. The second-order valence-electron chi connectivity index (χ2n) is 8.55. The molecular weight excluding hydrogens is 430 g/mol. The normalized spacial score (nSPS) is 18.3. The molecule has 1 aromatic carbocycles. The average molecular weight is 458 g/mol. The highest BCUT2D eigenvalue weighted by atomic mass is 16.2. The van der Waals surface area contributed by atoms with Crippen LogP contribution in [0.5, 0.6) is 0 Å². The Bertz CT molecular complexity index is 1160. The number of piperazine rings is 1. The van der Waals surface area contributed by atoms with Gasteiger partial charge in [0.2, 0.25) is 11.8 Å². The number of benzene rings is 1. The molecule has 0 aliphatic carbocycles. The van der Waals surface area contributed by atoms with E-state index in [1.54, 1.807) is 11.1 Å². The van der Waals surface area contributed by atoms with E-state index in [9.17, 15) is 9.59 Å². The third kappa shape index (κ3) is 4.68. The van der Waals surface area contributed by atoms with Gasteiger partial charge in [0.15, 0.2) is 0 Å². The minimum atomic E-state index is -0.297. The van der Waals surface area contributed by atoms with Crippen molar-refractivity contribution in [3.05, 3.63) is 66.6 Å². The van der Waals surface area contributed by atoms with E-state index >= 15 is 0 Å². The van der Waals surface area contributed by atoms with Crippen LogP contribution in [-0.4, -0.2) is 64.4 Å². The monoisotopic (exact) mass is 457 g/mol. The van der Waals surface area contributed by atoms with Crippen LogP contribution in [0.2, 0.25) is 0 Å². The lowest BCUT2D eigenvalue weighted by Gasteiger charge is -2.36. The molecule has 0 bridgehead atoms. The van der Waals surface area contributed by atoms with Gasteiger partial charge in [-0.3, -0.25) is 9.59 Å². The molecule has 1 N–H and O–H groups in total. The van der Waals surface area contributed by atoms with E-state index in [0.29, 0.717) is 44.4 Å². The van der Waals surface area contributed by atoms with Gasteiger partial charge in [-0.05, 0) is 31.2 Å². The Morgan fingerprint density at radius 2 is 1.74 bits per heavy atom. The van der Waals surface area contributed by atoms with Gasteiger partial charge < -0.3 is 20.0 Å². The number of nitrogens with one attached hydrogen (secondary N) is 1. The number of hydrogen-bond donors (Lipinski definition) is 1. The van der Waals surface area contributed by atoms with E-state index in [-0.39, 0.29) is 24.2 Å². The van der Waals surface area contributed by atoms with Crippen molar-refractivity contribution < 1.29 is 9.59 Å². The predicted octanol–water partition coefficient (Wildman–Crippen LogP) is 2.63. The molecule has 0 saturated carbocycles. The Morgan fingerprint density at radius 3 is 2.47 bits per heavy atom. The van der Waals surface area contributed by atoms with Gasteiger partial charge in [0.25, 0.3) is 0 Å². The molecule has 1 unspecified atom stereocenters. The lowest BCUT2D eigenvalue weighted by atomic mass is 10.1. The topological polar surface area (TPSA) is 94.6 Å². The molecule has 0 radical (unpaired) electrons. The summed E-state index contributed by atoms with van der Waals surface area (Å²) in [5, 5.41) is 3.22. The highest BCUT2D eigenvalue weighted by molar-refractivity contribution is 6.00. The van der Waals surface area contributed by atoms with Crippen molar-refractivity contribution in [2.75, 3.05) is 47.8 Å². The molecule has 9 heteroatoms. The maximum Gasteiger partial charge on any atom is 0.228 e. The number of hydrogen-bond acceptors (Lipinski definition) is 7. The number of pyridine rings is 1. The van der Waals surface area contributed by atoms with Gasteiger partial charge >= 0.3 is 0 Å². The molecule has 0 spiro atoms. The quantitative estimate of drug-likeness (QED) is 0.629. The highest BCUT2D eigenvalue weighted by Gasteiger charge is 2.38. The summed E-state index contributed by atoms with van der Waals surface area (Å²) in [5.41, 5.74) is 0.849. The lowest BCUT2D eigenvalue weighted by molar-refractivity contribution is -0.136. The van der Waals surface area contributed by atoms with Crippen LogP contribution in [0.1, 0.15) is 12.2 Å². The first-order chi connectivity index (χ1) is 16.6. The summed E-state index contributed by atoms with van der Waals surface area (Å²) >= 11 is 0. The molecule has 2 aromatic heterocycles. The number of para-hydroxylation sites is 1. The van der Waals surface area contributed by atoms with Crippen LogP contribution in [-0.2, 0) is 9.59 Å². The van der Waals surface area contributed by atoms with Crippen LogP contribution >= 0.6 is 0 Å². The van der Waals surface area contributed by atoms with Gasteiger partial charge in [-0.15, -0.1) is 0 Å². The molecule has 3 aromatic rings. The molecule has 9 nitrogen and oxygen atoms in total. The zero-order valence-corrected chi connectivity index (χ0v) is 19.1. The molecule has 2 aliphatic heterocycles. The second kappa shape index (κ2) is 9.46. The Morgan fingerprint density at radius 1 is 0.971 bits per heavy atom. The molecular formula is C25H27N7O2. The molecule has 2 amide bonds. The van der Waals surface area contributed by atoms with Crippen molar-refractivity contribution in [3.63, 3.8) is 0 Å². The average Bonchev–Trinajstić information content (AvgIpc) is 3.26. The van der Waals surface area contributed by atoms with Crippen molar-refractivity contribution >= 4 is 35.0 Å². The van der Waals surface area contributed by atoms with E-state index in [1.165, 1.54) is 0 Å². The standard InChI is InChI=1S/C25H27N7O2/c1-18-27-22(29-21-9-5-6-10-26-21)16-23(28-18)30-11-13-31(14-12-30)25(34)19-15-24(33)32(17-19)20-7-3-2-4-8-20/h2-10,16,19H,11-15,17H2,1H3,(H,26,27,28,29). The molecule has 34 heavy (non-hydrogen) atoms. The zero-order chi connectivity index (χ0) is 23.5. The number of carbonyl (C=O) groups is 2. The van der Waals surface area contributed by atoms with E-state index in [1.807, 2.05) is 66.4 Å². The minimum Gasteiger partial charge on any atom is -0.353 e. The summed E-state index contributed by atoms with van der Waals surface area (Å²) in [6.07, 6.45) is 1.99. The number of nitrogens with zero attached hydrogens (tertiary/aromatic N) is 6. The van der Waals surface area contributed by atoms with E-state index in [2.05, 4.69) is 25.2 Å². The predicted molar refractivity (Wildman–Crippen MR) is 130 cm³/mol. The fourth-order valence-corrected chi connectivity index (χ4v) is 4.49. The Hall–Kier alpha value is -4.01. The van der Waals surface area contributed by atoms with E-state index in [4.69, 9.17) is 0 Å². The summed E-state index contributed by atoms with van der Waals surface area (Å²) < 4.78 is 0. The minimum absolute atomic E-state index is 0.00702. The lowest BCUT2D eigenvalue weighted by Crippen LogP contribution is -2.51. The largest absolute Gasteiger partial charge is 0.353 e. The van der Waals surface area contributed by atoms with Crippen molar-refractivity contribution in [2.24, 2.45) is 5.92 Å². The van der Waals surface area contributed by atoms with Gasteiger partial charge in [-0.1, -0.05) is 24.3 Å². The van der Waals surface area contributed by atoms with Crippen LogP contribution in [0, 0.1) is 12.8 Å². The third-order valence-electron chi connectivity index (χ3n) is 6.20. The fourth-order valence-electron chi connectivity index (χ4n) is 4.49. The first-order valence-electron chi connectivity index (χ1n) is 11.5. The molecule has 1 atom stereocenters. The summed E-state index contributed by atoms with van der Waals surface area (Å²) in [5.74, 6) is 2.66. The summed E-state index contributed by atoms with van der Waals surface area (Å²) in [4.78, 5) is 44.8. The van der Waals surface area contributed by atoms with Crippen molar-refractivity contribution in [2.45, 2.75) is 13.3 Å². The molecule has 2 fully saturated rings. The summed E-state index contributed by atoms with van der Waals surface area (Å²) in [6, 6.07) is 17.1. The Kier molecular flexibility index (Phi) is 6.07.